The quantitative estimate of drug-likeness (QED) is 0.315. The van der Waals surface area contributed by atoms with Crippen LogP contribution < -0.4 is 5.73 Å². The normalized spacial score (nSPS) is 14.0. The van der Waals surface area contributed by atoms with Gasteiger partial charge in [-0.15, -0.1) is 0 Å². The van der Waals surface area contributed by atoms with Crippen LogP contribution in [0, 0.1) is 0 Å². The van der Waals surface area contributed by atoms with Crippen molar-refractivity contribution in [3.8, 4) is 0 Å². The van der Waals surface area contributed by atoms with Crippen molar-refractivity contribution in [3.05, 3.63) is 0 Å². The molecule has 0 saturated heterocycles. The van der Waals surface area contributed by atoms with Crippen molar-refractivity contribution in [1.82, 2.24) is 0 Å². The average molecular weight is 202 g/mol. The molecule has 0 spiro atoms. The van der Waals surface area contributed by atoms with Gasteiger partial charge in [-0.2, -0.15) is 0 Å². The number of nitrogens with two attached hydrogens (primary N) is 1. The zero-order valence-corrected chi connectivity index (χ0v) is 8.44. The molecule has 0 radical (unpaired) electrons. The topological polar surface area (TPSA) is 95.9 Å². The Morgan fingerprint density at radius 3 is 2.57 bits per heavy atom. The minimum absolute atomic E-state index is 0.306. The highest BCUT2D eigenvalue weighted by molar-refractivity contribution is 5.77. The third-order valence-electron chi connectivity index (χ3n) is 1.78. The maximum atomic E-state index is 10.2. The number of amidine groups is 1. The van der Waals surface area contributed by atoms with E-state index in [-0.39, 0.29) is 0 Å². The third-order valence-corrected chi connectivity index (χ3v) is 1.78. The molecule has 0 heterocycles. The first-order chi connectivity index (χ1) is 6.54. The van der Waals surface area contributed by atoms with Gasteiger partial charge in [0.1, 0.15) is 0 Å². The number of aliphatic carboxylic acids is 1. The average Bonchev–Trinajstić information content (AvgIpc) is 2.09. The van der Waals surface area contributed by atoms with Gasteiger partial charge in [0.25, 0.3) is 0 Å². The summed E-state index contributed by atoms with van der Waals surface area (Å²) in [4.78, 5) is 14.2. The molecule has 0 aliphatic heterocycles. The number of aliphatic hydroxyl groups is 1. The molecule has 0 aliphatic carbocycles. The van der Waals surface area contributed by atoms with Crippen molar-refractivity contribution < 1.29 is 15.0 Å². The Morgan fingerprint density at radius 2 is 2.07 bits per heavy atom. The van der Waals surface area contributed by atoms with Gasteiger partial charge in [-0.05, 0) is 19.8 Å². The molecule has 0 fully saturated rings. The van der Waals surface area contributed by atoms with Crippen LogP contribution in [0.4, 0.5) is 0 Å². The number of aliphatic imine (C=N–C) groups is 1. The Kier molecular flexibility index (Phi) is 6.74. The molecule has 0 bridgehead atoms. The van der Waals surface area contributed by atoms with Gasteiger partial charge in [-0.25, -0.2) is 4.79 Å². The highest BCUT2D eigenvalue weighted by atomic mass is 16.4. The van der Waals surface area contributed by atoms with E-state index in [9.17, 15) is 4.79 Å². The summed E-state index contributed by atoms with van der Waals surface area (Å²) in [7, 11) is 0. The lowest BCUT2D eigenvalue weighted by molar-refractivity contribution is -0.146. The molecule has 82 valence electrons. The van der Waals surface area contributed by atoms with Crippen LogP contribution in [0.15, 0.2) is 4.99 Å². The number of aliphatic hydroxyl groups excluding tert-OH is 1. The molecule has 0 saturated carbocycles. The molecular weight excluding hydrogens is 184 g/mol. The highest BCUT2D eigenvalue weighted by Crippen LogP contribution is 2.03. The second-order valence-electron chi connectivity index (χ2n) is 3.23. The van der Waals surface area contributed by atoms with Gasteiger partial charge in [-0.3, -0.25) is 4.99 Å². The van der Waals surface area contributed by atoms with Gasteiger partial charge in [-0.1, -0.05) is 12.8 Å². The number of carbonyl (C=O) groups is 1. The number of hydrogen-bond acceptors (Lipinski definition) is 3. The molecule has 5 nitrogen and oxygen atoms in total. The van der Waals surface area contributed by atoms with E-state index in [1.807, 2.05) is 0 Å². The van der Waals surface area contributed by atoms with Crippen molar-refractivity contribution in [2.24, 2.45) is 10.7 Å². The summed E-state index contributed by atoms with van der Waals surface area (Å²) in [6.07, 6.45) is 1.52. The van der Waals surface area contributed by atoms with Gasteiger partial charge in [0, 0.05) is 6.54 Å². The predicted molar refractivity (Wildman–Crippen MR) is 54.3 cm³/mol. The fourth-order valence-electron chi connectivity index (χ4n) is 1.01. The van der Waals surface area contributed by atoms with E-state index in [0.29, 0.717) is 25.2 Å². The SMILES string of the molecule is CC(N)=NCCCCCC(O)C(=O)O. The van der Waals surface area contributed by atoms with E-state index in [2.05, 4.69) is 4.99 Å². The summed E-state index contributed by atoms with van der Waals surface area (Å²) in [6.45, 7) is 2.40. The van der Waals surface area contributed by atoms with E-state index in [1.165, 1.54) is 0 Å². The minimum atomic E-state index is -1.23. The van der Waals surface area contributed by atoms with Gasteiger partial charge < -0.3 is 15.9 Å². The second kappa shape index (κ2) is 7.32. The van der Waals surface area contributed by atoms with Crippen LogP contribution in [-0.2, 0) is 4.79 Å². The first kappa shape index (κ1) is 12.9. The fourth-order valence-corrected chi connectivity index (χ4v) is 1.01. The molecule has 5 heteroatoms. The Labute approximate surface area is 83.6 Å². The fraction of sp³-hybridized carbons (Fsp3) is 0.778. The van der Waals surface area contributed by atoms with Crippen LogP contribution in [0.5, 0.6) is 0 Å². The number of hydrogen-bond donors (Lipinski definition) is 3. The van der Waals surface area contributed by atoms with Crippen molar-refractivity contribution in [2.75, 3.05) is 6.54 Å². The van der Waals surface area contributed by atoms with Crippen LogP contribution >= 0.6 is 0 Å². The number of unbranched alkanes of at least 4 members (excludes halogenated alkanes) is 2. The lowest BCUT2D eigenvalue weighted by Gasteiger charge is -2.03. The van der Waals surface area contributed by atoms with E-state index in [1.54, 1.807) is 6.92 Å². The van der Waals surface area contributed by atoms with Gasteiger partial charge in [0.15, 0.2) is 6.10 Å². The number of carboxylic acids is 1. The highest BCUT2D eigenvalue weighted by Gasteiger charge is 2.11. The molecule has 0 aromatic carbocycles. The summed E-state index contributed by atoms with van der Waals surface area (Å²) in [6, 6.07) is 0. The van der Waals surface area contributed by atoms with Gasteiger partial charge in [0.2, 0.25) is 0 Å². The van der Waals surface area contributed by atoms with Crippen LogP contribution in [0.2, 0.25) is 0 Å². The molecule has 4 N–H and O–H groups in total. The van der Waals surface area contributed by atoms with Crippen LogP contribution in [0.1, 0.15) is 32.6 Å². The first-order valence-electron chi connectivity index (χ1n) is 4.71. The molecule has 0 aliphatic rings. The van der Waals surface area contributed by atoms with E-state index in [0.717, 1.165) is 12.8 Å². The molecule has 1 unspecified atom stereocenters. The Bertz CT molecular complexity index is 200. The zero-order chi connectivity index (χ0) is 11.0. The molecule has 1 atom stereocenters. The van der Waals surface area contributed by atoms with Crippen molar-refractivity contribution in [1.29, 1.82) is 0 Å². The second-order valence-corrected chi connectivity index (χ2v) is 3.23. The summed E-state index contributed by atoms with van der Waals surface area (Å²) >= 11 is 0. The first-order valence-corrected chi connectivity index (χ1v) is 4.71. The standard InChI is InChI=1S/C9H18N2O3/c1-7(10)11-6-4-2-3-5-8(12)9(13)14/h8,12H,2-6H2,1H3,(H2,10,11)(H,13,14). The van der Waals surface area contributed by atoms with Crippen molar-refractivity contribution in [2.45, 2.75) is 38.7 Å². The summed E-state index contributed by atoms with van der Waals surface area (Å²) in [5.41, 5.74) is 5.33. The van der Waals surface area contributed by atoms with Crippen LogP contribution in [0.25, 0.3) is 0 Å². The summed E-state index contributed by atoms with van der Waals surface area (Å²) in [5.74, 6) is -0.587. The molecular formula is C9H18N2O3. The minimum Gasteiger partial charge on any atom is -0.479 e. The van der Waals surface area contributed by atoms with Gasteiger partial charge in [0.05, 0.1) is 5.84 Å². The summed E-state index contributed by atoms with van der Waals surface area (Å²) < 4.78 is 0. The lowest BCUT2D eigenvalue weighted by atomic mass is 10.1. The lowest BCUT2D eigenvalue weighted by Crippen LogP contribution is -2.18. The van der Waals surface area contributed by atoms with E-state index in [4.69, 9.17) is 15.9 Å². The number of carboxylic acid groups (broad SMARTS) is 1. The van der Waals surface area contributed by atoms with E-state index < -0.39 is 12.1 Å². The molecule has 0 aromatic heterocycles. The summed E-state index contributed by atoms with van der Waals surface area (Å²) in [5, 5.41) is 17.3. The van der Waals surface area contributed by atoms with E-state index >= 15 is 0 Å². The van der Waals surface area contributed by atoms with Crippen molar-refractivity contribution in [3.63, 3.8) is 0 Å². The largest absolute Gasteiger partial charge is 0.479 e. The monoisotopic (exact) mass is 202 g/mol. The molecule has 0 rings (SSSR count). The molecule has 0 amide bonds. The molecule has 0 aromatic rings. The Balaban J connectivity index is 3.30. The predicted octanol–water partition coefficient (Wildman–Crippen LogP) is 0.369. The Morgan fingerprint density at radius 1 is 1.43 bits per heavy atom. The number of nitrogens with zero attached hydrogens (tertiary/aromatic N) is 1. The van der Waals surface area contributed by atoms with Crippen LogP contribution in [-0.4, -0.2) is 34.7 Å². The van der Waals surface area contributed by atoms with Gasteiger partial charge >= 0.3 is 5.97 Å². The number of rotatable bonds is 7. The maximum Gasteiger partial charge on any atom is 0.332 e. The zero-order valence-electron chi connectivity index (χ0n) is 8.44. The smallest absolute Gasteiger partial charge is 0.332 e. The Hall–Kier alpha value is -1.10. The third kappa shape index (κ3) is 7.54. The van der Waals surface area contributed by atoms with Crippen molar-refractivity contribution >= 4 is 11.8 Å². The maximum absolute atomic E-state index is 10.2. The molecule has 14 heavy (non-hydrogen) atoms. The van der Waals surface area contributed by atoms with Crippen LogP contribution in [0.3, 0.4) is 0 Å².